The number of aliphatic hydroxyl groups excluding tert-OH is 1. The summed E-state index contributed by atoms with van der Waals surface area (Å²) in [6, 6.07) is 18.4. The van der Waals surface area contributed by atoms with Crippen LogP contribution in [0.1, 0.15) is 36.1 Å². The van der Waals surface area contributed by atoms with E-state index < -0.39 is 0 Å². The van der Waals surface area contributed by atoms with Gasteiger partial charge in [-0.2, -0.15) is 0 Å². The molecule has 0 aliphatic heterocycles. The zero-order valence-electron chi connectivity index (χ0n) is 11.9. The van der Waals surface area contributed by atoms with Gasteiger partial charge in [0, 0.05) is 11.1 Å². The van der Waals surface area contributed by atoms with Gasteiger partial charge in [-0.3, -0.25) is 0 Å². The monoisotopic (exact) mass is 301 g/mol. The summed E-state index contributed by atoms with van der Waals surface area (Å²) in [6.45, 7) is 0.0980. The van der Waals surface area contributed by atoms with Gasteiger partial charge in [0.1, 0.15) is 0 Å². The molecule has 2 nitrogen and oxygen atoms in total. The third-order valence-corrected chi connectivity index (χ3v) is 4.34. The van der Waals surface area contributed by atoms with Gasteiger partial charge in [0.15, 0.2) is 0 Å². The zero-order valence-corrected chi connectivity index (χ0v) is 12.6. The maximum absolute atomic E-state index is 9.74. The van der Waals surface area contributed by atoms with Crippen LogP contribution in [0, 0.1) is 5.92 Å². The van der Waals surface area contributed by atoms with Crippen LogP contribution in [0.25, 0.3) is 0 Å². The molecule has 0 amide bonds. The molecule has 3 heteroatoms. The zero-order chi connectivity index (χ0) is 14.7. The first-order valence-corrected chi connectivity index (χ1v) is 7.83. The van der Waals surface area contributed by atoms with Crippen molar-refractivity contribution in [3.8, 4) is 0 Å². The van der Waals surface area contributed by atoms with Crippen LogP contribution < -0.4 is 5.32 Å². The van der Waals surface area contributed by atoms with Gasteiger partial charge in [0.05, 0.1) is 12.6 Å². The highest BCUT2D eigenvalue weighted by Gasteiger charge is 2.33. The predicted octanol–water partition coefficient (Wildman–Crippen LogP) is 4.11. The molecule has 110 valence electrons. The molecular formula is C18H20ClNO. The van der Waals surface area contributed by atoms with Crippen LogP contribution >= 0.6 is 11.6 Å². The molecule has 21 heavy (non-hydrogen) atoms. The van der Waals surface area contributed by atoms with Crippen molar-refractivity contribution < 1.29 is 5.11 Å². The van der Waals surface area contributed by atoms with Crippen molar-refractivity contribution in [1.82, 2.24) is 5.32 Å². The largest absolute Gasteiger partial charge is 0.394 e. The van der Waals surface area contributed by atoms with E-state index in [1.165, 1.54) is 18.4 Å². The molecule has 3 rings (SSSR count). The Hall–Kier alpha value is -1.35. The Morgan fingerprint density at radius 2 is 1.67 bits per heavy atom. The summed E-state index contributed by atoms with van der Waals surface area (Å²) in [6.07, 6.45) is 2.49. The normalized spacial score (nSPS) is 17.4. The van der Waals surface area contributed by atoms with Crippen LogP contribution in [0.15, 0.2) is 54.6 Å². The molecule has 1 aliphatic carbocycles. The third-order valence-electron chi connectivity index (χ3n) is 4.09. The Balaban J connectivity index is 1.80. The number of hydrogen-bond acceptors (Lipinski definition) is 2. The summed E-state index contributed by atoms with van der Waals surface area (Å²) >= 11 is 5.98. The van der Waals surface area contributed by atoms with Gasteiger partial charge < -0.3 is 10.4 Å². The van der Waals surface area contributed by atoms with E-state index in [1.807, 2.05) is 30.3 Å². The van der Waals surface area contributed by atoms with Crippen molar-refractivity contribution in [2.45, 2.75) is 24.9 Å². The Bertz CT molecular complexity index is 566. The SMILES string of the molecule is OC[C@@H](NC(c1ccc(Cl)cc1)C1CC1)c1ccccc1. The molecule has 0 radical (unpaired) electrons. The van der Waals surface area contributed by atoms with Gasteiger partial charge in [0.25, 0.3) is 0 Å². The fourth-order valence-corrected chi connectivity index (χ4v) is 2.89. The molecule has 1 unspecified atom stereocenters. The molecule has 2 aromatic carbocycles. The highest BCUT2D eigenvalue weighted by molar-refractivity contribution is 6.30. The number of halogens is 1. The summed E-state index contributed by atoms with van der Waals surface area (Å²) in [5.41, 5.74) is 2.37. The fraction of sp³-hybridized carbons (Fsp3) is 0.333. The van der Waals surface area contributed by atoms with Crippen molar-refractivity contribution in [2.75, 3.05) is 6.61 Å². The van der Waals surface area contributed by atoms with E-state index in [0.29, 0.717) is 5.92 Å². The number of benzene rings is 2. The summed E-state index contributed by atoms with van der Waals surface area (Å²) in [5.74, 6) is 0.656. The van der Waals surface area contributed by atoms with E-state index in [2.05, 4.69) is 29.6 Å². The van der Waals surface area contributed by atoms with Gasteiger partial charge >= 0.3 is 0 Å². The van der Waals surface area contributed by atoms with E-state index in [1.54, 1.807) is 0 Å². The van der Waals surface area contributed by atoms with E-state index >= 15 is 0 Å². The Kier molecular flexibility index (Phi) is 4.59. The Morgan fingerprint density at radius 1 is 1.00 bits per heavy atom. The lowest BCUT2D eigenvalue weighted by Gasteiger charge is -2.25. The van der Waals surface area contributed by atoms with Gasteiger partial charge in [-0.25, -0.2) is 0 Å². The lowest BCUT2D eigenvalue weighted by atomic mass is 9.99. The van der Waals surface area contributed by atoms with Crippen LogP contribution in [-0.2, 0) is 0 Å². The van der Waals surface area contributed by atoms with E-state index in [4.69, 9.17) is 11.6 Å². The number of nitrogens with one attached hydrogen (secondary N) is 1. The topological polar surface area (TPSA) is 32.3 Å². The summed E-state index contributed by atoms with van der Waals surface area (Å²) in [5, 5.41) is 14.1. The predicted molar refractivity (Wildman–Crippen MR) is 86.3 cm³/mol. The maximum Gasteiger partial charge on any atom is 0.0626 e. The minimum atomic E-state index is -0.0347. The first kappa shape index (κ1) is 14.6. The third kappa shape index (κ3) is 3.65. The molecule has 0 heterocycles. The minimum Gasteiger partial charge on any atom is -0.394 e. The van der Waals surface area contributed by atoms with Gasteiger partial charge in [-0.1, -0.05) is 54.1 Å². The summed E-state index contributed by atoms with van der Waals surface area (Å²) < 4.78 is 0. The summed E-state index contributed by atoms with van der Waals surface area (Å²) in [4.78, 5) is 0. The van der Waals surface area contributed by atoms with Crippen molar-refractivity contribution in [2.24, 2.45) is 5.92 Å². The van der Waals surface area contributed by atoms with Crippen LogP contribution in [0.2, 0.25) is 5.02 Å². The molecule has 1 aliphatic rings. The van der Waals surface area contributed by atoms with E-state index in [-0.39, 0.29) is 18.7 Å². The quantitative estimate of drug-likeness (QED) is 0.841. The molecule has 1 saturated carbocycles. The smallest absolute Gasteiger partial charge is 0.0626 e. The second-order valence-electron chi connectivity index (χ2n) is 5.68. The number of hydrogen-bond donors (Lipinski definition) is 2. The van der Waals surface area contributed by atoms with Crippen molar-refractivity contribution >= 4 is 11.6 Å². The maximum atomic E-state index is 9.74. The van der Waals surface area contributed by atoms with Crippen LogP contribution in [-0.4, -0.2) is 11.7 Å². The van der Waals surface area contributed by atoms with E-state index in [0.717, 1.165) is 10.6 Å². The average Bonchev–Trinajstić information content (AvgIpc) is 3.35. The minimum absolute atomic E-state index is 0.0347. The Labute approximate surface area is 130 Å². The van der Waals surface area contributed by atoms with Gasteiger partial charge in [0.2, 0.25) is 0 Å². The van der Waals surface area contributed by atoms with Crippen LogP contribution in [0.5, 0.6) is 0 Å². The molecule has 0 bridgehead atoms. The second kappa shape index (κ2) is 6.61. The highest BCUT2D eigenvalue weighted by Crippen LogP contribution is 2.42. The molecule has 2 aromatic rings. The second-order valence-corrected chi connectivity index (χ2v) is 6.12. The van der Waals surface area contributed by atoms with Gasteiger partial charge in [-0.15, -0.1) is 0 Å². The summed E-state index contributed by atoms with van der Waals surface area (Å²) in [7, 11) is 0. The number of aliphatic hydroxyl groups is 1. The van der Waals surface area contributed by atoms with E-state index in [9.17, 15) is 5.11 Å². The molecule has 2 atom stereocenters. The average molecular weight is 302 g/mol. The van der Waals surface area contributed by atoms with Crippen LogP contribution in [0.4, 0.5) is 0 Å². The van der Waals surface area contributed by atoms with Crippen molar-refractivity contribution in [3.63, 3.8) is 0 Å². The molecule has 1 fully saturated rings. The first-order valence-electron chi connectivity index (χ1n) is 7.45. The standard InChI is InChI=1S/C18H20ClNO/c19-16-10-8-15(9-11-16)18(14-6-7-14)20-17(12-21)13-4-2-1-3-5-13/h1-5,8-11,14,17-18,20-21H,6-7,12H2/t17-,18?/m1/s1. The molecule has 0 saturated heterocycles. The molecule has 2 N–H and O–H groups in total. The molecular weight excluding hydrogens is 282 g/mol. The first-order chi connectivity index (χ1) is 10.3. The lowest BCUT2D eigenvalue weighted by molar-refractivity contribution is 0.228. The van der Waals surface area contributed by atoms with Crippen molar-refractivity contribution in [3.05, 3.63) is 70.7 Å². The van der Waals surface area contributed by atoms with Gasteiger partial charge in [-0.05, 0) is 42.0 Å². The molecule has 0 aromatic heterocycles. The highest BCUT2D eigenvalue weighted by atomic mass is 35.5. The fourth-order valence-electron chi connectivity index (χ4n) is 2.76. The lowest BCUT2D eigenvalue weighted by Crippen LogP contribution is -2.30. The van der Waals surface area contributed by atoms with Crippen molar-refractivity contribution in [1.29, 1.82) is 0 Å². The number of rotatable bonds is 6. The molecule has 0 spiro atoms. The van der Waals surface area contributed by atoms with Crippen LogP contribution in [0.3, 0.4) is 0 Å². The Morgan fingerprint density at radius 3 is 2.24 bits per heavy atom.